The fourth-order valence-corrected chi connectivity index (χ4v) is 13.5. The van der Waals surface area contributed by atoms with Gasteiger partial charge in [0.15, 0.2) is 16.6 Å². The molecule has 2 unspecified atom stereocenters. The van der Waals surface area contributed by atoms with Crippen molar-refractivity contribution in [3.05, 3.63) is 37.4 Å². The van der Waals surface area contributed by atoms with E-state index in [2.05, 4.69) is 50.2 Å². The van der Waals surface area contributed by atoms with E-state index in [1.54, 1.807) is 0 Å². The largest absolute Gasteiger partial charge is 0.550 e. The second-order valence-electron chi connectivity index (χ2n) is 12.1. The Bertz CT molecular complexity index is 1030. The Balaban J connectivity index is 0.00000195. The highest BCUT2D eigenvalue weighted by atomic mass is 28.4. The number of ether oxygens (including phenoxy) is 1. The molecule has 0 saturated carbocycles. The highest BCUT2D eigenvalue weighted by Crippen LogP contribution is 2.24. The van der Waals surface area contributed by atoms with Gasteiger partial charge >= 0.3 is 0 Å². The summed E-state index contributed by atoms with van der Waals surface area (Å²) in [6, 6.07) is 2.43. The third kappa shape index (κ3) is 23.7. The monoisotopic (exact) mass is 645 g/mol. The maximum atomic E-state index is 10.4. The molecule has 3 N–H and O–H groups in total. The molecule has 43 heavy (non-hydrogen) atoms. The number of aryl methyl sites for hydroxylation is 2. The van der Waals surface area contributed by atoms with Crippen LogP contribution in [0.4, 0.5) is 0 Å². The number of rotatable bonds is 18. The van der Waals surface area contributed by atoms with E-state index in [4.69, 9.17) is 28.7 Å². The molecule has 0 spiro atoms. The number of carbonyl (C=O) groups excluding carboxylic acids is 1. The molecule has 2 rings (SSSR count). The maximum absolute atomic E-state index is 10.4. The molecule has 248 valence electrons. The summed E-state index contributed by atoms with van der Waals surface area (Å²) in [6.45, 7) is 16.5. The van der Waals surface area contributed by atoms with Crippen LogP contribution in [-0.2, 0) is 45.1 Å². The zero-order valence-corrected chi connectivity index (χ0v) is 29.6. The van der Waals surface area contributed by atoms with Crippen LogP contribution >= 0.6 is 0 Å². The number of aromatic nitrogens is 4. The number of carboxylic acids is 2. The third-order valence-electron chi connectivity index (χ3n) is 6.20. The molecule has 0 saturated heterocycles. The summed E-state index contributed by atoms with van der Waals surface area (Å²) in [5.74, 6) is -1.92. The third-order valence-corrected chi connectivity index (χ3v) is 13.7. The Labute approximate surface area is 259 Å². The van der Waals surface area contributed by atoms with Crippen LogP contribution in [0.2, 0.25) is 38.3 Å². The number of carbonyl (C=O) groups is 2. The molecule has 2 heterocycles. The SMILES string of the molecule is CC(=O)O.CC(=O)[O-].CCCC[Si](C)(C)O[Si](C)(C)CCCn1cc[n+](CC(O)CCOCC(O)Cn2cc[n+](C)c2)c1. The number of imidazole rings is 2. The minimum absolute atomic E-state index is 0.264. The van der Waals surface area contributed by atoms with E-state index in [0.717, 1.165) is 26.8 Å². The van der Waals surface area contributed by atoms with Crippen molar-refractivity contribution in [3.63, 3.8) is 0 Å². The average Bonchev–Trinajstić information content (AvgIpc) is 3.47. The summed E-state index contributed by atoms with van der Waals surface area (Å²) < 4.78 is 20.4. The summed E-state index contributed by atoms with van der Waals surface area (Å²) in [7, 11) is -1.24. The smallest absolute Gasteiger partial charge is 0.300 e. The summed E-state index contributed by atoms with van der Waals surface area (Å²) in [5, 5.41) is 36.8. The number of aliphatic hydroxyl groups excluding tert-OH is 2. The first-order chi connectivity index (χ1) is 19.9. The van der Waals surface area contributed by atoms with Crippen LogP contribution in [0.1, 0.15) is 46.5 Å². The topological polar surface area (TPSA) is 154 Å². The van der Waals surface area contributed by atoms with Crippen molar-refractivity contribution in [2.24, 2.45) is 7.05 Å². The van der Waals surface area contributed by atoms with Crippen LogP contribution in [-0.4, -0.2) is 78.4 Å². The molecule has 0 radical (unpaired) electrons. The molecular weight excluding hydrogens is 589 g/mol. The fraction of sp³-hybridized carbons (Fsp3) is 0.724. The minimum Gasteiger partial charge on any atom is -0.550 e. The second-order valence-corrected chi connectivity index (χ2v) is 21.0. The highest BCUT2D eigenvalue weighted by Gasteiger charge is 2.32. The summed E-state index contributed by atoms with van der Waals surface area (Å²) in [6.07, 6.45) is 15.1. The molecule has 2 aromatic heterocycles. The van der Waals surface area contributed by atoms with Crippen molar-refractivity contribution in [1.82, 2.24) is 9.13 Å². The van der Waals surface area contributed by atoms with Gasteiger partial charge in [-0.1, -0.05) is 19.8 Å². The Kier molecular flexibility index (Phi) is 20.2. The summed E-state index contributed by atoms with van der Waals surface area (Å²) >= 11 is 0. The minimum atomic E-state index is -1.64. The van der Waals surface area contributed by atoms with Gasteiger partial charge in [-0.15, -0.1) is 0 Å². The number of hydrogen-bond donors (Lipinski definition) is 3. The van der Waals surface area contributed by atoms with Crippen LogP contribution < -0.4 is 14.2 Å². The highest BCUT2D eigenvalue weighted by molar-refractivity contribution is 6.84. The molecule has 0 fully saturated rings. The fourth-order valence-electron chi connectivity index (χ4n) is 4.50. The Morgan fingerprint density at radius 3 is 2.05 bits per heavy atom. The molecule has 12 nitrogen and oxygen atoms in total. The molecule has 0 amide bonds. The molecule has 0 bridgehead atoms. The number of nitrogens with zero attached hydrogens (tertiary/aromatic N) is 4. The molecule has 0 aliphatic rings. The van der Waals surface area contributed by atoms with Gasteiger partial charge < -0.3 is 34.1 Å². The van der Waals surface area contributed by atoms with E-state index in [9.17, 15) is 10.2 Å². The first-order valence-electron chi connectivity index (χ1n) is 15.0. The standard InChI is InChI=1S/C25H50N4O4Si2.2C2H4O2/c1-7-8-17-34(3,4)33-35(5,6)18-9-11-27-14-15-29(23-27)19-24(30)10-16-32-21-25(31)20-28-13-12-26(2)22-28;2*1-2(3)4/h12-15,22-25,30-31H,7-11,16-21H2,1-6H3;2*1H3,(H,3,4)/q+2;;/p-1. The van der Waals surface area contributed by atoms with Gasteiger partial charge in [0, 0.05) is 25.9 Å². The van der Waals surface area contributed by atoms with E-state index in [1.807, 2.05) is 45.7 Å². The Hall–Kier alpha value is -2.37. The zero-order chi connectivity index (χ0) is 33.1. The molecule has 0 aliphatic carbocycles. The van der Waals surface area contributed by atoms with Crippen molar-refractivity contribution in [2.75, 3.05) is 13.2 Å². The van der Waals surface area contributed by atoms with Gasteiger partial charge in [-0.2, -0.15) is 0 Å². The van der Waals surface area contributed by atoms with Crippen molar-refractivity contribution < 1.29 is 48.0 Å². The maximum Gasteiger partial charge on any atom is 0.300 e. The Morgan fingerprint density at radius 1 is 0.953 bits per heavy atom. The van der Waals surface area contributed by atoms with E-state index >= 15 is 0 Å². The van der Waals surface area contributed by atoms with Crippen LogP contribution in [0.25, 0.3) is 0 Å². The van der Waals surface area contributed by atoms with Crippen LogP contribution in [0, 0.1) is 0 Å². The Morgan fingerprint density at radius 2 is 1.51 bits per heavy atom. The van der Waals surface area contributed by atoms with Crippen molar-refractivity contribution in [1.29, 1.82) is 0 Å². The van der Waals surface area contributed by atoms with Gasteiger partial charge in [-0.3, -0.25) is 4.79 Å². The number of aliphatic carboxylic acids is 2. The zero-order valence-electron chi connectivity index (χ0n) is 27.6. The molecular formula is C29H57N4O8Si2+. The lowest BCUT2D eigenvalue weighted by atomic mass is 10.2. The molecule has 0 aromatic carbocycles. The number of unbranched alkanes of at least 4 members (excludes halogenated alkanes) is 1. The van der Waals surface area contributed by atoms with Gasteiger partial charge in [-0.25, -0.2) is 18.3 Å². The normalized spacial score (nSPS) is 12.9. The lowest BCUT2D eigenvalue weighted by Crippen LogP contribution is -2.44. The number of aliphatic hydroxyl groups is 2. The first-order valence-corrected chi connectivity index (χ1v) is 21.2. The van der Waals surface area contributed by atoms with Crippen molar-refractivity contribution >= 4 is 28.6 Å². The van der Waals surface area contributed by atoms with Crippen LogP contribution in [0.5, 0.6) is 0 Å². The molecule has 2 atom stereocenters. The van der Waals surface area contributed by atoms with Gasteiger partial charge in [0.25, 0.3) is 5.97 Å². The van der Waals surface area contributed by atoms with E-state index < -0.39 is 40.8 Å². The van der Waals surface area contributed by atoms with E-state index in [-0.39, 0.29) is 6.61 Å². The van der Waals surface area contributed by atoms with Crippen molar-refractivity contribution in [2.45, 2.75) is 117 Å². The lowest BCUT2D eigenvalue weighted by Gasteiger charge is -2.34. The van der Waals surface area contributed by atoms with E-state index in [0.29, 0.717) is 26.1 Å². The molecule has 0 aliphatic heterocycles. The summed E-state index contributed by atoms with van der Waals surface area (Å²) in [4.78, 5) is 17.9. The molecule has 14 heteroatoms. The van der Waals surface area contributed by atoms with E-state index in [1.165, 1.54) is 24.9 Å². The quantitative estimate of drug-likeness (QED) is 0.126. The van der Waals surface area contributed by atoms with Gasteiger partial charge in [0.2, 0.25) is 12.7 Å². The lowest BCUT2D eigenvalue weighted by molar-refractivity contribution is -0.703. The molecule has 2 aromatic rings. The second kappa shape index (κ2) is 21.4. The average molecular weight is 646 g/mol. The van der Waals surface area contributed by atoms with Gasteiger partial charge in [0.05, 0.1) is 26.3 Å². The predicted molar refractivity (Wildman–Crippen MR) is 167 cm³/mol. The number of hydrogen-bond acceptors (Lipinski definition) is 7. The summed E-state index contributed by atoms with van der Waals surface area (Å²) in [5.41, 5.74) is 0. The predicted octanol–water partition coefficient (Wildman–Crippen LogP) is 1.69. The van der Waals surface area contributed by atoms with Gasteiger partial charge in [-0.05, 0) is 51.6 Å². The van der Waals surface area contributed by atoms with Crippen molar-refractivity contribution in [3.8, 4) is 0 Å². The van der Waals surface area contributed by atoms with Gasteiger partial charge in [0.1, 0.15) is 44.0 Å². The first kappa shape index (κ1) is 40.6. The number of carboxylic acid groups (broad SMARTS) is 2. The van der Waals surface area contributed by atoms with Crippen LogP contribution in [0.3, 0.4) is 0 Å². The van der Waals surface area contributed by atoms with Crippen LogP contribution in [0.15, 0.2) is 37.4 Å².